The Bertz CT molecular complexity index is 691. The summed E-state index contributed by atoms with van der Waals surface area (Å²) >= 11 is 0. The molecule has 3 rings (SSSR count). The van der Waals surface area contributed by atoms with Crippen LogP contribution in [0.3, 0.4) is 0 Å². The van der Waals surface area contributed by atoms with Gasteiger partial charge in [0.25, 0.3) is 5.91 Å². The lowest BCUT2D eigenvalue weighted by Gasteiger charge is -2.15. The van der Waals surface area contributed by atoms with Crippen LogP contribution in [-0.4, -0.2) is 37.0 Å². The normalized spacial score (nSPS) is 15.6. The topological polar surface area (TPSA) is 108 Å². The highest BCUT2D eigenvalue weighted by Gasteiger charge is 2.16. The van der Waals surface area contributed by atoms with E-state index in [0.29, 0.717) is 0 Å². The zero-order valence-electron chi connectivity index (χ0n) is 27.2. The fraction of sp³-hybridized carbons (Fsp3) is 0.727. The Labute approximate surface area is 247 Å². The first kappa shape index (κ1) is 44.6. The zero-order chi connectivity index (χ0) is 30.8. The van der Waals surface area contributed by atoms with Gasteiger partial charge in [0.2, 0.25) is 11.8 Å². The molecule has 3 aliphatic rings. The quantitative estimate of drug-likeness (QED) is 0.203. The number of carbonyl (C=O) groups is 3. The first-order valence-electron chi connectivity index (χ1n) is 15.2. The largest absolute Gasteiger partial charge is 0.355 e. The van der Waals surface area contributed by atoms with Crippen LogP contribution in [-0.2, 0) is 14.4 Å². The molecule has 0 radical (unpaired) electrons. The van der Waals surface area contributed by atoms with Crippen molar-refractivity contribution in [2.24, 2.45) is 0 Å². The van der Waals surface area contributed by atoms with Crippen molar-refractivity contribution in [3.63, 3.8) is 0 Å². The van der Waals surface area contributed by atoms with Gasteiger partial charge in [0.1, 0.15) is 0 Å². The van der Waals surface area contributed by atoms with E-state index >= 15 is 0 Å². The molecule has 0 atom stereocenters. The summed E-state index contributed by atoms with van der Waals surface area (Å²) in [5.41, 5.74) is 8.12. The second-order valence-corrected chi connectivity index (χ2v) is 9.00. The van der Waals surface area contributed by atoms with Gasteiger partial charge in [0, 0.05) is 30.8 Å². The lowest BCUT2D eigenvalue weighted by atomic mass is 9.92. The van der Waals surface area contributed by atoms with E-state index in [4.69, 9.17) is 5.21 Å². The summed E-state index contributed by atoms with van der Waals surface area (Å²) in [6, 6.07) is 0. The molecule has 40 heavy (non-hydrogen) atoms. The SMILES string of the molecule is C.CC.CC.CC.CC1=C(C(=O)NO)CCCC1.CNC(=O)C1=C(C)CCCC1.CNC(=O)C1=C(C)CCCC1. The molecule has 0 saturated heterocycles. The van der Waals surface area contributed by atoms with Crippen LogP contribution in [0.1, 0.15) is 147 Å². The van der Waals surface area contributed by atoms with Gasteiger partial charge in [-0.1, -0.05) is 65.7 Å². The van der Waals surface area contributed by atoms with E-state index in [9.17, 15) is 14.4 Å². The van der Waals surface area contributed by atoms with E-state index in [-0.39, 0.29) is 25.1 Å². The van der Waals surface area contributed by atoms with Crippen LogP contribution < -0.4 is 16.1 Å². The summed E-state index contributed by atoms with van der Waals surface area (Å²) in [5, 5.41) is 13.7. The van der Waals surface area contributed by atoms with Gasteiger partial charge in [-0.05, 0) is 97.8 Å². The Kier molecular flexibility index (Phi) is 33.0. The summed E-state index contributed by atoms with van der Waals surface area (Å²) in [4.78, 5) is 33.4. The number of hydrogen-bond acceptors (Lipinski definition) is 4. The maximum atomic E-state index is 11.2. The first-order valence-corrected chi connectivity index (χ1v) is 15.2. The van der Waals surface area contributed by atoms with Crippen LogP contribution >= 0.6 is 0 Å². The second-order valence-electron chi connectivity index (χ2n) is 9.00. The lowest BCUT2D eigenvalue weighted by Crippen LogP contribution is -2.23. The molecular weight excluding hydrogens is 502 g/mol. The highest BCUT2D eigenvalue weighted by molar-refractivity contribution is 5.94. The fourth-order valence-corrected chi connectivity index (χ4v) is 4.46. The molecule has 4 N–H and O–H groups in total. The minimum Gasteiger partial charge on any atom is -0.355 e. The number of likely N-dealkylation sites (N-methyl/N-ethyl adjacent to an activating group) is 2. The van der Waals surface area contributed by atoms with Gasteiger partial charge in [0.05, 0.1) is 0 Å². The fourth-order valence-electron chi connectivity index (χ4n) is 4.46. The number of nitrogens with one attached hydrogen (secondary N) is 3. The number of hydrogen-bond donors (Lipinski definition) is 4. The molecule has 3 amide bonds. The molecule has 236 valence electrons. The highest BCUT2D eigenvalue weighted by atomic mass is 16.5. The van der Waals surface area contributed by atoms with Gasteiger partial charge in [0.15, 0.2) is 0 Å². The van der Waals surface area contributed by atoms with Crippen molar-refractivity contribution in [2.75, 3.05) is 14.1 Å². The monoisotopic (exact) mass is 567 g/mol. The summed E-state index contributed by atoms with van der Waals surface area (Å²) in [5.74, 6) is -0.105. The van der Waals surface area contributed by atoms with E-state index in [1.165, 1.54) is 36.8 Å². The smallest absolute Gasteiger partial charge is 0.270 e. The van der Waals surface area contributed by atoms with Crippen molar-refractivity contribution in [3.05, 3.63) is 33.4 Å². The zero-order valence-corrected chi connectivity index (χ0v) is 27.2. The van der Waals surface area contributed by atoms with E-state index in [1.807, 2.05) is 48.5 Å². The van der Waals surface area contributed by atoms with Crippen LogP contribution in [0.2, 0.25) is 0 Å². The maximum absolute atomic E-state index is 11.2. The van der Waals surface area contributed by atoms with Gasteiger partial charge in [-0.3, -0.25) is 19.6 Å². The van der Waals surface area contributed by atoms with Crippen LogP contribution in [0.15, 0.2) is 33.4 Å². The molecule has 0 saturated carbocycles. The molecule has 3 aliphatic carbocycles. The standard InChI is InChI=1S/2C9H15NO.C8H13NO2.3C2H6.CH4/c2*1-7-5-3-4-6-8(7)9(11)10-2;1-6-4-2-3-5-7(6)8(10)9-11;3*1-2;/h2*3-6H2,1-2H3,(H,10,11);11H,2-5H2,1H3,(H,9,10);3*1-2H3;1H4. The molecule has 7 heteroatoms. The molecular formula is C33H65N3O4. The average molecular weight is 568 g/mol. The average Bonchev–Trinajstić information content (AvgIpc) is 3.00. The summed E-state index contributed by atoms with van der Waals surface area (Å²) < 4.78 is 0. The summed E-state index contributed by atoms with van der Waals surface area (Å²) in [7, 11) is 3.38. The molecule has 0 fully saturated rings. The Balaban J connectivity index is -0.000000219. The number of carbonyl (C=O) groups excluding carboxylic acids is 3. The highest BCUT2D eigenvalue weighted by Crippen LogP contribution is 2.25. The van der Waals surface area contributed by atoms with E-state index in [0.717, 1.165) is 73.7 Å². The van der Waals surface area contributed by atoms with Crippen LogP contribution in [0.4, 0.5) is 0 Å². The van der Waals surface area contributed by atoms with Gasteiger partial charge in [-0.2, -0.15) is 0 Å². The van der Waals surface area contributed by atoms with Crippen molar-refractivity contribution in [1.29, 1.82) is 0 Å². The number of amides is 3. The molecule has 0 spiro atoms. The summed E-state index contributed by atoms with van der Waals surface area (Å²) in [6.07, 6.45) is 13.0. The maximum Gasteiger partial charge on any atom is 0.270 e. The number of rotatable bonds is 3. The molecule has 0 aliphatic heterocycles. The third kappa shape index (κ3) is 18.0. The van der Waals surface area contributed by atoms with Crippen molar-refractivity contribution < 1.29 is 19.6 Å². The molecule has 0 bridgehead atoms. The molecule has 0 aromatic heterocycles. The number of hydroxylamine groups is 1. The molecule has 7 nitrogen and oxygen atoms in total. The Hall–Kier alpha value is -2.41. The van der Waals surface area contributed by atoms with Crippen molar-refractivity contribution >= 4 is 17.7 Å². The minimum atomic E-state index is -0.331. The van der Waals surface area contributed by atoms with Crippen molar-refractivity contribution in [2.45, 2.75) is 147 Å². The summed E-state index contributed by atoms with van der Waals surface area (Å²) in [6.45, 7) is 18.1. The first-order chi connectivity index (χ1) is 18.8. The Morgan fingerprint density at radius 3 is 0.925 bits per heavy atom. The molecule has 0 heterocycles. The van der Waals surface area contributed by atoms with Crippen molar-refractivity contribution in [3.8, 4) is 0 Å². The van der Waals surface area contributed by atoms with Crippen molar-refractivity contribution in [1.82, 2.24) is 16.1 Å². The molecule has 0 aromatic rings. The van der Waals surface area contributed by atoms with Crippen LogP contribution in [0.25, 0.3) is 0 Å². The van der Waals surface area contributed by atoms with Crippen LogP contribution in [0, 0.1) is 0 Å². The second kappa shape index (κ2) is 29.6. The van der Waals surface area contributed by atoms with Gasteiger partial charge in [-0.25, -0.2) is 5.48 Å². The third-order valence-electron chi connectivity index (χ3n) is 6.61. The predicted molar refractivity (Wildman–Crippen MR) is 172 cm³/mol. The van der Waals surface area contributed by atoms with E-state index < -0.39 is 0 Å². The minimum absolute atomic E-state index is 0. The van der Waals surface area contributed by atoms with Gasteiger partial charge >= 0.3 is 0 Å². The molecule has 0 unspecified atom stereocenters. The lowest BCUT2D eigenvalue weighted by molar-refractivity contribution is -0.125. The van der Waals surface area contributed by atoms with Gasteiger partial charge < -0.3 is 10.6 Å². The predicted octanol–water partition coefficient (Wildman–Crippen LogP) is 8.34. The van der Waals surface area contributed by atoms with E-state index in [1.54, 1.807) is 19.6 Å². The Morgan fingerprint density at radius 2 is 0.725 bits per heavy atom. The molecule has 0 aromatic carbocycles. The number of allylic oxidation sites excluding steroid dienone is 3. The van der Waals surface area contributed by atoms with Gasteiger partial charge in [-0.15, -0.1) is 0 Å². The van der Waals surface area contributed by atoms with E-state index in [2.05, 4.69) is 24.5 Å². The van der Waals surface area contributed by atoms with Crippen LogP contribution in [0.5, 0.6) is 0 Å². The Morgan fingerprint density at radius 1 is 0.500 bits per heavy atom. The third-order valence-corrected chi connectivity index (χ3v) is 6.61.